The molecule has 254 valence electrons. The van der Waals surface area contributed by atoms with Gasteiger partial charge in [-0.3, -0.25) is 24.0 Å². The number of alkyl carbamates (subject to hydrolysis) is 1. The van der Waals surface area contributed by atoms with Crippen LogP contribution in [0.4, 0.5) is 4.79 Å². The van der Waals surface area contributed by atoms with E-state index in [1.807, 2.05) is 0 Å². The predicted molar refractivity (Wildman–Crippen MR) is 150 cm³/mol. The number of esters is 5. The molecule has 0 aromatic rings. The summed E-state index contributed by atoms with van der Waals surface area (Å²) in [6, 6.07) is -1.50. The number of hydrogen-bond donors (Lipinski definition) is 2. The Labute approximate surface area is 272 Å². The van der Waals surface area contributed by atoms with E-state index in [1.165, 1.54) is 0 Å². The summed E-state index contributed by atoms with van der Waals surface area (Å²) in [4.78, 5) is 85.0. The van der Waals surface area contributed by atoms with Crippen LogP contribution >= 0.6 is 34.8 Å². The smallest absolute Gasteiger partial charge is 0.407 e. The fraction of sp³-hybridized carbons (Fsp3) is 0.640. The van der Waals surface area contributed by atoms with E-state index in [0.717, 1.165) is 41.7 Å². The van der Waals surface area contributed by atoms with Gasteiger partial charge in [0.15, 0.2) is 30.2 Å². The van der Waals surface area contributed by atoms with Crippen molar-refractivity contribution in [3.05, 3.63) is 11.5 Å². The van der Waals surface area contributed by atoms with Crippen molar-refractivity contribution >= 4 is 76.6 Å². The molecule has 1 aliphatic heterocycles. The lowest BCUT2D eigenvalue weighted by Crippen LogP contribution is -2.63. The molecule has 0 spiro atoms. The molecule has 1 heterocycles. The van der Waals surface area contributed by atoms with E-state index in [1.54, 1.807) is 0 Å². The van der Waals surface area contributed by atoms with Gasteiger partial charge < -0.3 is 48.5 Å². The monoisotopic (exact) mass is 706 g/mol. The van der Waals surface area contributed by atoms with Gasteiger partial charge in [-0.05, 0) is 0 Å². The Hall–Kier alpha value is -3.70. The zero-order valence-corrected chi connectivity index (χ0v) is 27.2. The molecule has 45 heavy (non-hydrogen) atoms. The molecule has 20 heteroatoms. The van der Waals surface area contributed by atoms with Crippen molar-refractivity contribution in [2.24, 2.45) is 0 Å². The third-order valence-corrected chi connectivity index (χ3v) is 5.53. The van der Waals surface area contributed by atoms with Gasteiger partial charge in [0.25, 0.3) is 0 Å². The van der Waals surface area contributed by atoms with E-state index in [2.05, 4.69) is 10.6 Å². The topological polar surface area (TPSA) is 217 Å². The second kappa shape index (κ2) is 18.3. The average molecular weight is 708 g/mol. The molecule has 2 amide bonds. The van der Waals surface area contributed by atoms with Crippen molar-refractivity contribution in [2.45, 2.75) is 68.9 Å². The van der Waals surface area contributed by atoms with Crippen LogP contribution in [-0.2, 0) is 66.7 Å². The zero-order valence-electron chi connectivity index (χ0n) is 25.0. The molecule has 0 saturated heterocycles. The molecule has 0 unspecified atom stereocenters. The maximum atomic E-state index is 12.9. The van der Waals surface area contributed by atoms with E-state index in [-0.39, 0.29) is 6.54 Å². The number of alkyl halides is 3. The van der Waals surface area contributed by atoms with Crippen molar-refractivity contribution in [1.82, 2.24) is 10.6 Å². The van der Waals surface area contributed by atoms with Crippen LogP contribution in [0.2, 0.25) is 0 Å². The number of rotatable bonds is 14. The molecule has 2 N–H and O–H groups in total. The Morgan fingerprint density at radius 3 is 2.00 bits per heavy atom. The van der Waals surface area contributed by atoms with Crippen molar-refractivity contribution in [2.75, 3.05) is 33.5 Å². The molecule has 1 aliphatic rings. The molecule has 1 rings (SSSR count). The normalized spacial score (nSPS) is 19.0. The first kappa shape index (κ1) is 39.3. The molecule has 0 radical (unpaired) electrons. The molecule has 0 aromatic carbocycles. The minimum absolute atomic E-state index is 0.273. The molecule has 0 aliphatic carbocycles. The fourth-order valence-electron chi connectivity index (χ4n) is 3.76. The molecule has 5 atom stereocenters. The Balaban J connectivity index is 3.64. The zero-order chi connectivity index (χ0) is 34.5. The SMILES string of the molecule is COC(=O)C1=C(OCCNC(=O)OCC(Cl)(Cl)Cl)[C@H](OC(C)=O)[C@@H](NC(C)=O)[C@H]([C@H](OC(C)=O)[C@@H](COC(C)=O)OC(C)=O)O1. The van der Waals surface area contributed by atoms with Gasteiger partial charge in [0.1, 0.15) is 25.9 Å². The van der Waals surface area contributed by atoms with Crippen LogP contribution in [-0.4, -0.2) is 110 Å². The maximum Gasteiger partial charge on any atom is 0.407 e. The number of amides is 2. The summed E-state index contributed by atoms with van der Waals surface area (Å²) in [6.45, 7) is 3.29. The Morgan fingerprint density at radius 1 is 0.889 bits per heavy atom. The largest absolute Gasteiger partial charge is 0.488 e. The van der Waals surface area contributed by atoms with Crippen molar-refractivity contribution in [3.8, 4) is 0 Å². The lowest BCUT2D eigenvalue weighted by Gasteiger charge is -2.42. The van der Waals surface area contributed by atoms with E-state index < -0.39 is 107 Å². The lowest BCUT2D eigenvalue weighted by molar-refractivity contribution is -0.195. The summed E-state index contributed by atoms with van der Waals surface area (Å²) < 4.78 is 40.2. The summed E-state index contributed by atoms with van der Waals surface area (Å²) in [5, 5.41) is 4.78. The van der Waals surface area contributed by atoms with Crippen molar-refractivity contribution < 1.29 is 71.5 Å². The summed E-state index contributed by atoms with van der Waals surface area (Å²) >= 11 is 16.6. The first-order chi connectivity index (χ1) is 20.9. The highest BCUT2D eigenvalue weighted by molar-refractivity contribution is 6.67. The minimum atomic E-state index is -1.86. The van der Waals surface area contributed by atoms with Gasteiger partial charge in [-0.1, -0.05) is 34.8 Å². The van der Waals surface area contributed by atoms with Crippen LogP contribution < -0.4 is 10.6 Å². The number of hydrogen-bond acceptors (Lipinski definition) is 15. The van der Waals surface area contributed by atoms with Gasteiger partial charge in [0.05, 0.1) is 13.7 Å². The molecular formula is C25H33Cl3N2O15. The van der Waals surface area contributed by atoms with Gasteiger partial charge in [0, 0.05) is 34.6 Å². The predicted octanol–water partition coefficient (Wildman–Crippen LogP) is 0.746. The van der Waals surface area contributed by atoms with E-state index in [4.69, 9.17) is 72.7 Å². The second-order valence-electron chi connectivity index (χ2n) is 9.01. The highest BCUT2D eigenvalue weighted by Crippen LogP contribution is 2.33. The van der Waals surface area contributed by atoms with Gasteiger partial charge in [-0.15, -0.1) is 0 Å². The highest BCUT2D eigenvalue weighted by Gasteiger charge is 2.53. The Morgan fingerprint density at radius 2 is 1.51 bits per heavy atom. The summed E-state index contributed by atoms with van der Waals surface area (Å²) in [5.74, 6) is -6.60. The van der Waals surface area contributed by atoms with Crippen molar-refractivity contribution in [3.63, 3.8) is 0 Å². The Bertz CT molecular complexity index is 1160. The standard InChI is InChI=1S/C25H33Cl3N2O15/c1-11(31)30-17-19(18(43-14(4)34)16(42-13(3)33)9-40-12(2)32)45-22(23(36)38-6)21(20(17)44-15(5)35)39-8-7-29-24(37)41-10-25(26,27)28/h16-20H,7-10H2,1-6H3,(H,29,37)(H,30,31)/t16-,17+,18-,19-,20-/m1/s1. The molecule has 0 bridgehead atoms. The van der Waals surface area contributed by atoms with Crippen LogP contribution in [0, 0.1) is 0 Å². The first-order valence-corrected chi connectivity index (χ1v) is 14.0. The quantitative estimate of drug-likeness (QED) is 0.110. The molecule has 0 fully saturated rings. The number of ether oxygens (including phenoxy) is 8. The van der Waals surface area contributed by atoms with Crippen LogP contribution in [0.25, 0.3) is 0 Å². The van der Waals surface area contributed by atoms with E-state index in [0.29, 0.717) is 0 Å². The number of methoxy groups -OCH3 is 1. The van der Waals surface area contributed by atoms with E-state index >= 15 is 0 Å². The van der Waals surface area contributed by atoms with Crippen LogP contribution in [0.1, 0.15) is 34.6 Å². The number of nitrogens with one attached hydrogen (secondary N) is 2. The number of carbonyl (C=O) groups excluding carboxylic acids is 7. The minimum Gasteiger partial charge on any atom is -0.488 e. The van der Waals surface area contributed by atoms with Crippen LogP contribution in [0.15, 0.2) is 11.5 Å². The summed E-state index contributed by atoms with van der Waals surface area (Å²) in [5.41, 5.74) is 0. The number of halogens is 3. The van der Waals surface area contributed by atoms with Gasteiger partial charge >= 0.3 is 35.9 Å². The molecule has 0 saturated carbocycles. The number of carbonyl (C=O) groups is 7. The second-order valence-corrected chi connectivity index (χ2v) is 11.5. The van der Waals surface area contributed by atoms with Gasteiger partial charge in [-0.2, -0.15) is 0 Å². The fourth-order valence-corrected chi connectivity index (χ4v) is 3.92. The van der Waals surface area contributed by atoms with E-state index in [9.17, 15) is 33.6 Å². The highest BCUT2D eigenvalue weighted by atomic mass is 35.6. The van der Waals surface area contributed by atoms with Crippen molar-refractivity contribution in [1.29, 1.82) is 0 Å². The third kappa shape index (κ3) is 14.3. The summed E-state index contributed by atoms with van der Waals surface area (Å²) in [7, 11) is 0.986. The lowest BCUT2D eigenvalue weighted by atomic mass is 9.92. The molecule has 0 aromatic heterocycles. The average Bonchev–Trinajstić information content (AvgIpc) is 2.90. The van der Waals surface area contributed by atoms with Gasteiger partial charge in [0.2, 0.25) is 15.5 Å². The maximum absolute atomic E-state index is 12.9. The van der Waals surface area contributed by atoms with Crippen LogP contribution in [0.5, 0.6) is 0 Å². The summed E-state index contributed by atoms with van der Waals surface area (Å²) in [6.07, 6.45) is -7.58. The molecule has 17 nitrogen and oxygen atoms in total. The molecular weight excluding hydrogens is 675 g/mol. The van der Waals surface area contributed by atoms with Gasteiger partial charge in [-0.25, -0.2) is 9.59 Å². The Kier molecular flexibility index (Phi) is 16.0. The van der Waals surface area contributed by atoms with Crippen LogP contribution in [0.3, 0.4) is 0 Å². The first-order valence-electron chi connectivity index (χ1n) is 12.9. The third-order valence-electron chi connectivity index (χ3n) is 5.21.